The van der Waals surface area contributed by atoms with Crippen LogP contribution in [0.5, 0.6) is 0 Å². The van der Waals surface area contributed by atoms with E-state index in [1.807, 2.05) is 0 Å². The van der Waals surface area contributed by atoms with Crippen molar-refractivity contribution >= 4 is 0 Å². The lowest BCUT2D eigenvalue weighted by molar-refractivity contribution is -0.339. The van der Waals surface area contributed by atoms with Crippen molar-refractivity contribution in [2.45, 2.75) is 108 Å². The molecule has 0 spiro atoms. The number of ether oxygens (including phenoxy) is 4. The first-order valence-corrected chi connectivity index (χ1v) is 11.8. The second-order valence-corrected chi connectivity index (χ2v) is 10.0. The lowest BCUT2D eigenvalue weighted by atomic mass is 9.75. The number of hydrogen-bond donors (Lipinski definition) is 7. The molecule has 0 aromatic rings. The Hall–Kier alpha value is -0.440. The summed E-state index contributed by atoms with van der Waals surface area (Å²) in [6.45, 7) is 5.39. The van der Waals surface area contributed by atoms with E-state index >= 15 is 0 Å². The van der Waals surface area contributed by atoms with Crippen molar-refractivity contribution in [3.05, 3.63) is 0 Å². The third kappa shape index (κ3) is 6.04. The van der Waals surface area contributed by atoms with Gasteiger partial charge in [0.1, 0.15) is 48.8 Å². The maximum absolute atomic E-state index is 10.5. The average molecular weight is 481 g/mol. The summed E-state index contributed by atoms with van der Waals surface area (Å²) in [7, 11) is 0. The van der Waals surface area contributed by atoms with Crippen molar-refractivity contribution in [1.82, 2.24) is 0 Å². The van der Waals surface area contributed by atoms with Crippen molar-refractivity contribution < 1.29 is 54.7 Å². The minimum absolute atomic E-state index is 0.178. The van der Waals surface area contributed by atoms with Gasteiger partial charge in [-0.15, -0.1) is 0 Å². The van der Waals surface area contributed by atoms with E-state index in [0.29, 0.717) is 11.8 Å². The van der Waals surface area contributed by atoms with Crippen molar-refractivity contribution in [2.24, 2.45) is 17.8 Å². The Morgan fingerprint density at radius 3 is 1.97 bits per heavy atom. The van der Waals surface area contributed by atoms with Gasteiger partial charge in [0.25, 0.3) is 0 Å². The number of aliphatic hydroxyl groups is 7. The van der Waals surface area contributed by atoms with Gasteiger partial charge in [-0.2, -0.15) is 0 Å². The second-order valence-electron chi connectivity index (χ2n) is 10.0. The predicted octanol–water partition coefficient (Wildman–Crippen LogP) is -1.91. The van der Waals surface area contributed by atoms with E-state index in [-0.39, 0.29) is 18.6 Å². The molecule has 2 saturated heterocycles. The van der Waals surface area contributed by atoms with Gasteiger partial charge in [0.15, 0.2) is 12.6 Å². The van der Waals surface area contributed by atoms with E-state index in [9.17, 15) is 35.7 Å². The van der Waals surface area contributed by atoms with Gasteiger partial charge in [-0.25, -0.2) is 0 Å². The van der Waals surface area contributed by atoms with Gasteiger partial charge in [-0.05, 0) is 30.6 Å². The van der Waals surface area contributed by atoms with E-state index in [1.54, 1.807) is 0 Å². The third-order valence-electron chi connectivity index (χ3n) is 7.21. The SMILES string of the molecule is CC(C)[C@@H]1CC[C@@H](C)C[C@H]1O[C@@H]1O[C@H](CO[C@@H]2O[C@H](CO)[C@@H](O)[C@H](O)[C@H]2O)[C@@H](O)[C@H](O)[C@H]1O. The fourth-order valence-electron chi connectivity index (χ4n) is 5.00. The van der Waals surface area contributed by atoms with Crippen LogP contribution < -0.4 is 0 Å². The molecule has 3 rings (SSSR count). The van der Waals surface area contributed by atoms with Crippen LogP contribution in [0.4, 0.5) is 0 Å². The normalized spacial score (nSPS) is 49.4. The largest absolute Gasteiger partial charge is 0.394 e. The zero-order valence-corrected chi connectivity index (χ0v) is 19.4. The van der Waals surface area contributed by atoms with E-state index in [2.05, 4.69) is 20.8 Å². The van der Waals surface area contributed by atoms with Gasteiger partial charge in [0.2, 0.25) is 0 Å². The molecule has 0 aromatic heterocycles. The molecular weight excluding hydrogens is 440 g/mol. The van der Waals surface area contributed by atoms with Crippen LogP contribution in [0.1, 0.15) is 40.0 Å². The van der Waals surface area contributed by atoms with Crippen molar-refractivity contribution in [2.75, 3.05) is 13.2 Å². The van der Waals surface area contributed by atoms with Crippen LogP contribution in [-0.4, -0.2) is 116 Å². The van der Waals surface area contributed by atoms with Crippen LogP contribution in [0, 0.1) is 17.8 Å². The number of aliphatic hydroxyl groups excluding tert-OH is 7. The van der Waals surface area contributed by atoms with E-state index in [1.165, 1.54) is 0 Å². The minimum atomic E-state index is -1.61. The van der Waals surface area contributed by atoms with Gasteiger partial charge in [0, 0.05) is 0 Å². The lowest BCUT2D eigenvalue weighted by Gasteiger charge is -2.45. The standard InChI is InChI=1S/C22H40O11/c1-9(2)11-5-4-10(3)6-12(11)31-22-20(29)18(27)16(25)14(33-22)8-30-21-19(28)17(26)15(24)13(7-23)32-21/h9-29H,4-8H2,1-3H3/t10-,11+,12-,13-,14-,15-,16-,17+,18+,19-,20-,21-,22-/m1/s1. The quantitative estimate of drug-likeness (QED) is 0.216. The molecule has 2 aliphatic heterocycles. The zero-order valence-electron chi connectivity index (χ0n) is 19.4. The van der Waals surface area contributed by atoms with Crippen LogP contribution in [-0.2, 0) is 18.9 Å². The Morgan fingerprint density at radius 2 is 1.36 bits per heavy atom. The first kappa shape index (κ1) is 27.2. The molecule has 33 heavy (non-hydrogen) atoms. The summed E-state index contributed by atoms with van der Waals surface area (Å²) in [6, 6.07) is 0. The molecule has 11 heteroatoms. The molecule has 0 amide bonds. The summed E-state index contributed by atoms with van der Waals surface area (Å²) >= 11 is 0. The van der Waals surface area contributed by atoms with Gasteiger partial charge >= 0.3 is 0 Å². The van der Waals surface area contributed by atoms with Gasteiger partial charge in [-0.3, -0.25) is 0 Å². The Kier molecular flexibility index (Phi) is 9.49. The number of hydrogen-bond acceptors (Lipinski definition) is 11. The maximum Gasteiger partial charge on any atom is 0.186 e. The smallest absolute Gasteiger partial charge is 0.186 e. The van der Waals surface area contributed by atoms with Crippen molar-refractivity contribution in [3.8, 4) is 0 Å². The molecule has 0 aromatic carbocycles. The summed E-state index contributed by atoms with van der Waals surface area (Å²) in [6.07, 6.45) is -11.4. The first-order valence-electron chi connectivity index (χ1n) is 11.8. The third-order valence-corrected chi connectivity index (χ3v) is 7.21. The highest BCUT2D eigenvalue weighted by molar-refractivity contribution is 4.92. The van der Waals surface area contributed by atoms with Crippen LogP contribution >= 0.6 is 0 Å². The molecule has 0 radical (unpaired) electrons. The van der Waals surface area contributed by atoms with Crippen molar-refractivity contribution in [3.63, 3.8) is 0 Å². The highest BCUT2D eigenvalue weighted by atomic mass is 16.7. The Morgan fingerprint density at radius 1 is 0.788 bits per heavy atom. The molecule has 1 aliphatic carbocycles. The average Bonchev–Trinajstić information content (AvgIpc) is 2.78. The molecule has 1 saturated carbocycles. The highest BCUT2D eigenvalue weighted by Gasteiger charge is 2.48. The first-order chi connectivity index (χ1) is 15.5. The Balaban J connectivity index is 1.64. The molecule has 7 N–H and O–H groups in total. The second kappa shape index (κ2) is 11.5. The van der Waals surface area contributed by atoms with E-state index < -0.39 is 68.0 Å². The Bertz CT molecular complexity index is 605. The topological polar surface area (TPSA) is 179 Å². The summed E-state index contributed by atoms with van der Waals surface area (Å²) in [5.41, 5.74) is 0. The van der Waals surface area contributed by atoms with Gasteiger partial charge in [0.05, 0.1) is 19.3 Å². The summed E-state index contributed by atoms with van der Waals surface area (Å²) in [5, 5.41) is 70.5. The zero-order chi connectivity index (χ0) is 24.4. The highest BCUT2D eigenvalue weighted by Crippen LogP contribution is 2.37. The molecule has 3 fully saturated rings. The maximum atomic E-state index is 10.5. The summed E-state index contributed by atoms with van der Waals surface area (Å²) < 4.78 is 22.7. The van der Waals surface area contributed by atoms with Crippen LogP contribution in [0.15, 0.2) is 0 Å². The van der Waals surface area contributed by atoms with Crippen LogP contribution in [0.25, 0.3) is 0 Å². The van der Waals surface area contributed by atoms with E-state index in [0.717, 1.165) is 19.3 Å². The molecule has 0 bridgehead atoms. The molecule has 194 valence electrons. The molecule has 11 nitrogen and oxygen atoms in total. The fraction of sp³-hybridized carbons (Fsp3) is 1.00. The van der Waals surface area contributed by atoms with Gasteiger partial charge < -0.3 is 54.7 Å². The van der Waals surface area contributed by atoms with Crippen LogP contribution in [0.2, 0.25) is 0 Å². The predicted molar refractivity (Wildman–Crippen MR) is 113 cm³/mol. The number of rotatable bonds is 7. The molecule has 0 unspecified atom stereocenters. The van der Waals surface area contributed by atoms with Crippen LogP contribution in [0.3, 0.4) is 0 Å². The molecule has 13 atom stereocenters. The van der Waals surface area contributed by atoms with Gasteiger partial charge in [-0.1, -0.05) is 27.2 Å². The monoisotopic (exact) mass is 480 g/mol. The molecule has 2 heterocycles. The summed E-state index contributed by atoms with van der Waals surface area (Å²) in [4.78, 5) is 0. The molecular formula is C22H40O11. The minimum Gasteiger partial charge on any atom is -0.394 e. The van der Waals surface area contributed by atoms with Crippen molar-refractivity contribution in [1.29, 1.82) is 0 Å². The van der Waals surface area contributed by atoms with E-state index in [4.69, 9.17) is 18.9 Å². The fourth-order valence-corrected chi connectivity index (χ4v) is 5.00. The summed E-state index contributed by atoms with van der Waals surface area (Å²) in [5.74, 6) is 1.08. The lowest BCUT2D eigenvalue weighted by Crippen LogP contribution is -2.62. The Labute approximate surface area is 193 Å². The molecule has 3 aliphatic rings.